The van der Waals surface area contributed by atoms with Crippen LogP contribution in [0.3, 0.4) is 0 Å². The zero-order valence-electron chi connectivity index (χ0n) is 13.5. The van der Waals surface area contributed by atoms with E-state index in [0.717, 1.165) is 35.9 Å². The Bertz CT molecular complexity index is 697. The van der Waals surface area contributed by atoms with E-state index >= 15 is 0 Å². The fourth-order valence-corrected chi connectivity index (χ4v) is 3.51. The minimum atomic E-state index is -0.844. The highest BCUT2D eigenvalue weighted by atomic mass is 16.3. The molecule has 22 heavy (non-hydrogen) atoms. The fourth-order valence-electron chi connectivity index (χ4n) is 3.51. The number of rotatable bonds is 3. The van der Waals surface area contributed by atoms with Gasteiger partial charge in [0.2, 0.25) is 5.91 Å². The Morgan fingerprint density at radius 3 is 2.95 bits per heavy atom. The SMILES string of the molecule is Cc1ccc2c(CC(=O)N3CCCC3C(C)(C)O)c[nH]c2c1. The highest BCUT2D eigenvalue weighted by molar-refractivity contribution is 5.89. The number of amides is 1. The standard InChI is InChI=1S/C18H24N2O2/c1-12-6-7-14-13(11-19-15(14)9-12)10-17(21)20-8-4-5-16(20)18(2,3)22/h6-7,9,11,16,19,22H,4-5,8,10H2,1-3H3. The molecule has 1 unspecified atom stereocenters. The summed E-state index contributed by atoms with van der Waals surface area (Å²) in [5.41, 5.74) is 2.46. The van der Waals surface area contributed by atoms with Gasteiger partial charge in [0.1, 0.15) is 0 Å². The van der Waals surface area contributed by atoms with Crippen molar-refractivity contribution in [1.29, 1.82) is 0 Å². The van der Waals surface area contributed by atoms with E-state index in [1.54, 1.807) is 13.8 Å². The number of aromatic amines is 1. The molecule has 4 heteroatoms. The molecule has 1 aliphatic heterocycles. The van der Waals surface area contributed by atoms with Crippen molar-refractivity contribution in [2.45, 2.75) is 51.7 Å². The van der Waals surface area contributed by atoms with Gasteiger partial charge in [-0.2, -0.15) is 0 Å². The number of aliphatic hydroxyl groups is 1. The summed E-state index contributed by atoms with van der Waals surface area (Å²) in [6.45, 7) is 6.38. The molecule has 1 aliphatic rings. The molecule has 0 saturated carbocycles. The molecular weight excluding hydrogens is 276 g/mol. The molecule has 4 nitrogen and oxygen atoms in total. The predicted molar refractivity (Wildman–Crippen MR) is 87.8 cm³/mol. The number of carbonyl (C=O) groups excluding carboxylic acids is 1. The lowest BCUT2D eigenvalue weighted by Gasteiger charge is -2.33. The van der Waals surface area contributed by atoms with Crippen molar-refractivity contribution in [2.75, 3.05) is 6.54 Å². The van der Waals surface area contributed by atoms with Crippen molar-refractivity contribution in [3.8, 4) is 0 Å². The summed E-state index contributed by atoms with van der Waals surface area (Å²) < 4.78 is 0. The monoisotopic (exact) mass is 300 g/mol. The molecule has 1 aromatic carbocycles. The molecule has 2 heterocycles. The number of nitrogens with one attached hydrogen (secondary N) is 1. The van der Waals surface area contributed by atoms with Crippen molar-refractivity contribution in [3.05, 3.63) is 35.5 Å². The predicted octanol–water partition coefficient (Wildman–Crippen LogP) is 2.78. The quantitative estimate of drug-likeness (QED) is 0.916. The van der Waals surface area contributed by atoms with Gasteiger partial charge >= 0.3 is 0 Å². The van der Waals surface area contributed by atoms with Crippen LogP contribution < -0.4 is 0 Å². The largest absolute Gasteiger partial charge is 0.388 e. The number of benzene rings is 1. The number of likely N-dealkylation sites (tertiary alicyclic amines) is 1. The third kappa shape index (κ3) is 2.75. The van der Waals surface area contributed by atoms with Crippen molar-refractivity contribution >= 4 is 16.8 Å². The van der Waals surface area contributed by atoms with Gasteiger partial charge in [-0.15, -0.1) is 0 Å². The van der Waals surface area contributed by atoms with Crippen LogP contribution in [0, 0.1) is 6.92 Å². The number of aromatic nitrogens is 1. The summed E-state index contributed by atoms with van der Waals surface area (Å²) in [6, 6.07) is 6.16. The Balaban J connectivity index is 1.81. The first-order chi connectivity index (χ1) is 10.4. The lowest BCUT2D eigenvalue weighted by molar-refractivity contribution is -0.135. The Hall–Kier alpha value is -1.81. The number of carbonyl (C=O) groups is 1. The van der Waals surface area contributed by atoms with Gasteiger partial charge in [0, 0.05) is 23.6 Å². The fraction of sp³-hybridized carbons (Fsp3) is 0.500. The summed E-state index contributed by atoms with van der Waals surface area (Å²) in [4.78, 5) is 17.8. The van der Waals surface area contributed by atoms with E-state index in [4.69, 9.17) is 0 Å². The molecular formula is C18H24N2O2. The van der Waals surface area contributed by atoms with Crippen LogP contribution in [0.15, 0.2) is 24.4 Å². The Labute approximate surface area is 131 Å². The summed E-state index contributed by atoms with van der Waals surface area (Å²) in [7, 11) is 0. The van der Waals surface area contributed by atoms with Crippen molar-refractivity contribution in [2.24, 2.45) is 0 Å². The maximum Gasteiger partial charge on any atom is 0.227 e. The van der Waals surface area contributed by atoms with Gasteiger partial charge in [0.25, 0.3) is 0 Å². The molecule has 1 fully saturated rings. The topological polar surface area (TPSA) is 56.3 Å². The average molecular weight is 300 g/mol. The molecule has 1 saturated heterocycles. The summed E-state index contributed by atoms with van der Waals surface area (Å²) in [5.74, 6) is 0.103. The molecule has 2 N–H and O–H groups in total. The van der Waals surface area contributed by atoms with Gasteiger partial charge < -0.3 is 15.0 Å². The molecule has 0 aliphatic carbocycles. The van der Waals surface area contributed by atoms with Crippen molar-refractivity contribution in [1.82, 2.24) is 9.88 Å². The highest BCUT2D eigenvalue weighted by Gasteiger charge is 2.38. The number of nitrogens with zero attached hydrogens (tertiary/aromatic N) is 1. The third-order valence-corrected chi connectivity index (χ3v) is 4.65. The summed E-state index contributed by atoms with van der Waals surface area (Å²) in [6.07, 6.45) is 4.16. The Morgan fingerprint density at radius 1 is 1.45 bits per heavy atom. The molecule has 2 aromatic rings. The maximum absolute atomic E-state index is 12.7. The lowest BCUT2D eigenvalue weighted by atomic mass is 9.96. The first-order valence-corrected chi connectivity index (χ1v) is 7.95. The van der Waals surface area contributed by atoms with E-state index in [0.29, 0.717) is 6.42 Å². The first-order valence-electron chi connectivity index (χ1n) is 7.95. The van der Waals surface area contributed by atoms with Gasteiger partial charge in [-0.3, -0.25) is 4.79 Å². The van der Waals surface area contributed by atoms with Gasteiger partial charge in [0.05, 0.1) is 18.1 Å². The van der Waals surface area contributed by atoms with Crippen LogP contribution in [0.25, 0.3) is 10.9 Å². The van der Waals surface area contributed by atoms with Crippen LogP contribution in [0.1, 0.15) is 37.8 Å². The second kappa shape index (κ2) is 5.43. The van der Waals surface area contributed by atoms with E-state index in [9.17, 15) is 9.90 Å². The van der Waals surface area contributed by atoms with Crippen LogP contribution in [0.5, 0.6) is 0 Å². The minimum Gasteiger partial charge on any atom is -0.388 e. The highest BCUT2D eigenvalue weighted by Crippen LogP contribution is 2.28. The molecule has 0 bridgehead atoms. The van der Waals surface area contributed by atoms with E-state index in [2.05, 4.69) is 30.1 Å². The molecule has 3 rings (SSSR count). The molecule has 1 amide bonds. The molecule has 0 spiro atoms. The molecule has 1 atom stereocenters. The van der Waals surface area contributed by atoms with E-state index in [1.165, 1.54) is 5.56 Å². The zero-order chi connectivity index (χ0) is 15.9. The van der Waals surface area contributed by atoms with Gasteiger partial charge in [-0.1, -0.05) is 12.1 Å². The number of aryl methyl sites for hydroxylation is 1. The van der Waals surface area contributed by atoms with Crippen molar-refractivity contribution in [3.63, 3.8) is 0 Å². The molecule has 118 valence electrons. The lowest BCUT2D eigenvalue weighted by Crippen LogP contribution is -2.48. The maximum atomic E-state index is 12.7. The molecule has 1 aromatic heterocycles. The smallest absolute Gasteiger partial charge is 0.227 e. The summed E-state index contributed by atoms with van der Waals surface area (Å²) in [5, 5.41) is 11.4. The first kappa shape index (κ1) is 15.1. The third-order valence-electron chi connectivity index (χ3n) is 4.65. The minimum absolute atomic E-state index is 0.0764. The second-order valence-electron chi connectivity index (χ2n) is 6.94. The van der Waals surface area contributed by atoms with Crippen LogP contribution in [-0.2, 0) is 11.2 Å². The number of fused-ring (bicyclic) bond motifs is 1. The summed E-state index contributed by atoms with van der Waals surface area (Å²) >= 11 is 0. The van der Waals surface area contributed by atoms with Gasteiger partial charge in [-0.25, -0.2) is 0 Å². The van der Waals surface area contributed by atoms with Crippen LogP contribution >= 0.6 is 0 Å². The van der Waals surface area contributed by atoms with Gasteiger partial charge in [0.15, 0.2) is 0 Å². The van der Waals surface area contributed by atoms with E-state index in [-0.39, 0.29) is 11.9 Å². The van der Waals surface area contributed by atoms with E-state index in [1.807, 2.05) is 11.1 Å². The van der Waals surface area contributed by atoms with Crippen LogP contribution in [0.2, 0.25) is 0 Å². The second-order valence-corrected chi connectivity index (χ2v) is 6.94. The van der Waals surface area contributed by atoms with Crippen LogP contribution in [-0.4, -0.2) is 39.1 Å². The van der Waals surface area contributed by atoms with Crippen molar-refractivity contribution < 1.29 is 9.90 Å². The average Bonchev–Trinajstić information content (AvgIpc) is 3.05. The Kier molecular flexibility index (Phi) is 3.73. The van der Waals surface area contributed by atoms with E-state index < -0.39 is 5.60 Å². The number of hydrogen-bond acceptors (Lipinski definition) is 2. The van der Waals surface area contributed by atoms with Gasteiger partial charge in [-0.05, 0) is 50.8 Å². The number of hydrogen-bond donors (Lipinski definition) is 2. The number of H-pyrrole nitrogens is 1. The zero-order valence-corrected chi connectivity index (χ0v) is 13.5. The Morgan fingerprint density at radius 2 is 2.23 bits per heavy atom. The molecule has 0 radical (unpaired) electrons. The normalized spacial score (nSPS) is 19.1. The van der Waals surface area contributed by atoms with Crippen LogP contribution in [0.4, 0.5) is 0 Å².